The second-order valence-corrected chi connectivity index (χ2v) is 6.02. The number of rotatable bonds is 4. The zero-order valence-corrected chi connectivity index (χ0v) is 14.1. The van der Waals surface area contributed by atoms with Crippen LogP contribution in [0.1, 0.15) is 18.5 Å². The van der Waals surface area contributed by atoms with Crippen LogP contribution >= 0.6 is 31.9 Å². The molecule has 0 radical (unpaired) electrons. The third kappa shape index (κ3) is 3.78. The summed E-state index contributed by atoms with van der Waals surface area (Å²) in [5.41, 5.74) is 6.60. The van der Waals surface area contributed by atoms with E-state index in [4.69, 9.17) is 10.5 Å². The molecule has 0 spiro atoms. The topological polar surface area (TPSA) is 91.3 Å². The van der Waals surface area contributed by atoms with E-state index in [2.05, 4.69) is 36.8 Å². The number of hydrogen-bond acceptors (Lipinski definition) is 5. The van der Waals surface area contributed by atoms with Crippen LogP contribution < -0.4 is 10.5 Å². The molecule has 1 atom stereocenters. The van der Waals surface area contributed by atoms with E-state index in [1.807, 2.05) is 13.0 Å². The first-order valence-corrected chi connectivity index (χ1v) is 7.50. The molecule has 1 heterocycles. The maximum Gasteiger partial charge on any atom is 0.271 e. The van der Waals surface area contributed by atoms with Gasteiger partial charge in [0.25, 0.3) is 5.69 Å². The van der Waals surface area contributed by atoms with Gasteiger partial charge in [-0.05, 0) is 44.3 Å². The summed E-state index contributed by atoms with van der Waals surface area (Å²) < 4.78 is 6.56. The number of benzene rings is 1. The fraction of sp³-hybridized carbons (Fsp3) is 0.154. The zero-order chi connectivity index (χ0) is 15.6. The highest BCUT2D eigenvalue weighted by Gasteiger charge is 2.16. The summed E-state index contributed by atoms with van der Waals surface area (Å²) in [6.07, 6.45) is 1.63. The van der Waals surface area contributed by atoms with E-state index >= 15 is 0 Å². The van der Waals surface area contributed by atoms with Crippen LogP contribution in [-0.2, 0) is 0 Å². The Hall–Kier alpha value is -1.51. The van der Waals surface area contributed by atoms with Crippen molar-refractivity contribution in [1.29, 1.82) is 0 Å². The number of non-ortho nitro benzene ring substituents is 1. The van der Waals surface area contributed by atoms with Gasteiger partial charge in [0.2, 0.25) is 5.88 Å². The Kier molecular flexibility index (Phi) is 4.92. The lowest BCUT2D eigenvalue weighted by atomic mass is 10.2. The molecule has 21 heavy (non-hydrogen) atoms. The minimum Gasteiger partial charge on any atom is -0.437 e. The van der Waals surface area contributed by atoms with E-state index in [0.717, 1.165) is 5.56 Å². The third-order valence-electron chi connectivity index (χ3n) is 2.69. The van der Waals surface area contributed by atoms with Crippen LogP contribution in [0.2, 0.25) is 0 Å². The lowest BCUT2D eigenvalue weighted by Crippen LogP contribution is -2.05. The average Bonchev–Trinajstić information content (AvgIpc) is 2.43. The molecule has 0 bridgehead atoms. The van der Waals surface area contributed by atoms with Gasteiger partial charge >= 0.3 is 0 Å². The van der Waals surface area contributed by atoms with Crippen LogP contribution in [0.15, 0.2) is 39.4 Å². The zero-order valence-electron chi connectivity index (χ0n) is 10.9. The lowest BCUT2D eigenvalue weighted by Gasteiger charge is -2.10. The second-order valence-electron chi connectivity index (χ2n) is 4.32. The molecule has 0 amide bonds. The molecule has 2 N–H and O–H groups in total. The van der Waals surface area contributed by atoms with Crippen molar-refractivity contribution in [3.63, 3.8) is 0 Å². The van der Waals surface area contributed by atoms with Gasteiger partial charge in [-0.3, -0.25) is 10.1 Å². The van der Waals surface area contributed by atoms with E-state index in [1.54, 1.807) is 12.3 Å². The fourth-order valence-electron chi connectivity index (χ4n) is 1.58. The van der Waals surface area contributed by atoms with Crippen LogP contribution in [0.25, 0.3) is 0 Å². The first-order valence-electron chi connectivity index (χ1n) is 5.91. The third-order valence-corrected chi connectivity index (χ3v) is 3.86. The number of halogens is 2. The number of hydrogen-bond donors (Lipinski definition) is 1. The molecular formula is C13H11Br2N3O3. The Labute approximate surface area is 137 Å². The SMILES string of the molecule is C[C@@H](N)c1ccc(Oc2c(Br)cc([N+](=O)[O-])cc2Br)nc1. The van der Waals surface area contributed by atoms with Gasteiger partial charge in [-0.2, -0.15) is 0 Å². The Morgan fingerprint density at radius 1 is 1.33 bits per heavy atom. The lowest BCUT2D eigenvalue weighted by molar-refractivity contribution is -0.385. The first kappa shape index (κ1) is 15.9. The Bertz CT molecular complexity index is 652. The number of nitrogens with zero attached hydrogens (tertiary/aromatic N) is 2. The molecule has 0 saturated carbocycles. The number of nitro benzene ring substituents is 1. The maximum absolute atomic E-state index is 10.8. The number of ether oxygens (including phenoxy) is 1. The van der Waals surface area contributed by atoms with E-state index in [-0.39, 0.29) is 11.7 Å². The molecule has 1 aromatic carbocycles. The van der Waals surface area contributed by atoms with Gasteiger partial charge in [0, 0.05) is 30.4 Å². The van der Waals surface area contributed by atoms with Crippen molar-refractivity contribution in [2.45, 2.75) is 13.0 Å². The van der Waals surface area contributed by atoms with Crippen LogP contribution in [0.5, 0.6) is 11.6 Å². The molecule has 0 aliphatic carbocycles. The predicted octanol–water partition coefficient (Wildman–Crippen LogP) is 4.33. The molecular weight excluding hydrogens is 406 g/mol. The van der Waals surface area contributed by atoms with E-state index < -0.39 is 4.92 Å². The molecule has 0 aliphatic rings. The van der Waals surface area contributed by atoms with Crippen molar-refractivity contribution in [3.05, 3.63) is 55.1 Å². The number of nitro groups is 1. The molecule has 1 aromatic heterocycles. The standard InChI is InChI=1S/C13H11Br2N3O3/c1-7(16)8-2-3-12(17-6-8)21-13-10(14)4-9(18(19)20)5-11(13)15/h2-7H,16H2,1H3/t7-/m1/s1. The van der Waals surface area contributed by atoms with Gasteiger partial charge in [0.05, 0.1) is 13.9 Å². The summed E-state index contributed by atoms with van der Waals surface area (Å²) in [6.45, 7) is 1.86. The molecule has 8 heteroatoms. The second kappa shape index (κ2) is 6.50. The van der Waals surface area contributed by atoms with E-state index in [1.165, 1.54) is 12.1 Å². The highest BCUT2D eigenvalue weighted by molar-refractivity contribution is 9.11. The summed E-state index contributed by atoms with van der Waals surface area (Å²) in [5.74, 6) is 0.788. The van der Waals surface area contributed by atoms with Crippen LogP contribution in [0.4, 0.5) is 5.69 Å². The van der Waals surface area contributed by atoms with Crippen molar-refractivity contribution in [2.75, 3.05) is 0 Å². The van der Waals surface area contributed by atoms with Gasteiger partial charge < -0.3 is 10.5 Å². The van der Waals surface area contributed by atoms with Crippen molar-refractivity contribution in [3.8, 4) is 11.6 Å². The van der Waals surface area contributed by atoms with Gasteiger partial charge in [0.1, 0.15) is 0 Å². The molecule has 6 nitrogen and oxygen atoms in total. The smallest absolute Gasteiger partial charge is 0.271 e. The van der Waals surface area contributed by atoms with Gasteiger partial charge in [-0.15, -0.1) is 0 Å². The first-order chi connectivity index (χ1) is 9.88. The number of nitrogens with two attached hydrogens (primary N) is 1. The van der Waals surface area contributed by atoms with Gasteiger partial charge in [-0.25, -0.2) is 4.98 Å². The summed E-state index contributed by atoms with van der Waals surface area (Å²) in [6, 6.07) is 6.15. The van der Waals surface area contributed by atoms with Gasteiger partial charge in [-0.1, -0.05) is 6.07 Å². The summed E-state index contributed by atoms with van der Waals surface area (Å²) >= 11 is 6.51. The summed E-state index contributed by atoms with van der Waals surface area (Å²) in [4.78, 5) is 14.5. The van der Waals surface area contributed by atoms with Gasteiger partial charge in [0.15, 0.2) is 5.75 Å². The van der Waals surface area contributed by atoms with Crippen molar-refractivity contribution in [2.24, 2.45) is 5.73 Å². The van der Waals surface area contributed by atoms with E-state index in [9.17, 15) is 10.1 Å². The molecule has 0 unspecified atom stereocenters. The molecule has 0 aliphatic heterocycles. The molecule has 110 valence electrons. The summed E-state index contributed by atoms with van der Waals surface area (Å²) in [5, 5.41) is 10.8. The number of pyridine rings is 1. The normalized spacial score (nSPS) is 12.0. The summed E-state index contributed by atoms with van der Waals surface area (Å²) in [7, 11) is 0. The minimum absolute atomic E-state index is 0.0404. The largest absolute Gasteiger partial charge is 0.437 e. The van der Waals surface area contributed by atoms with Crippen LogP contribution in [-0.4, -0.2) is 9.91 Å². The van der Waals surface area contributed by atoms with Crippen molar-refractivity contribution >= 4 is 37.5 Å². The quantitative estimate of drug-likeness (QED) is 0.591. The fourth-order valence-corrected chi connectivity index (χ4v) is 2.90. The Morgan fingerprint density at radius 2 is 1.95 bits per heavy atom. The Morgan fingerprint density at radius 3 is 2.38 bits per heavy atom. The highest BCUT2D eigenvalue weighted by atomic mass is 79.9. The Balaban J connectivity index is 2.29. The van der Waals surface area contributed by atoms with Crippen molar-refractivity contribution in [1.82, 2.24) is 4.98 Å². The minimum atomic E-state index is -0.477. The molecule has 2 rings (SSSR count). The molecule has 0 fully saturated rings. The maximum atomic E-state index is 10.8. The molecule has 2 aromatic rings. The average molecular weight is 417 g/mol. The van der Waals surface area contributed by atoms with E-state index in [0.29, 0.717) is 20.6 Å². The van der Waals surface area contributed by atoms with Crippen LogP contribution in [0, 0.1) is 10.1 Å². The van der Waals surface area contributed by atoms with Crippen LogP contribution in [0.3, 0.4) is 0 Å². The number of aromatic nitrogens is 1. The molecule has 0 saturated heterocycles. The highest BCUT2D eigenvalue weighted by Crippen LogP contribution is 2.39. The van der Waals surface area contributed by atoms with Crippen molar-refractivity contribution < 1.29 is 9.66 Å². The predicted molar refractivity (Wildman–Crippen MR) is 85.4 cm³/mol. The monoisotopic (exact) mass is 415 g/mol.